The molecule has 1 atom stereocenters. The summed E-state index contributed by atoms with van der Waals surface area (Å²) in [5.74, 6) is 1.21. The van der Waals surface area contributed by atoms with E-state index in [1.54, 1.807) is 11.2 Å². The van der Waals surface area contributed by atoms with Gasteiger partial charge in [0.25, 0.3) is 0 Å². The molecule has 1 fully saturated rings. The van der Waals surface area contributed by atoms with Gasteiger partial charge in [0.2, 0.25) is 0 Å². The fourth-order valence-corrected chi connectivity index (χ4v) is 2.23. The maximum Gasteiger partial charge on any atom is 0.409 e. The van der Waals surface area contributed by atoms with Gasteiger partial charge in [-0.25, -0.2) is 4.79 Å². The van der Waals surface area contributed by atoms with Crippen LogP contribution >= 0.6 is 0 Å². The van der Waals surface area contributed by atoms with Crippen molar-refractivity contribution in [2.24, 2.45) is 7.05 Å². The van der Waals surface area contributed by atoms with Crippen molar-refractivity contribution < 1.29 is 9.53 Å². The predicted octanol–water partition coefficient (Wildman–Crippen LogP) is 1.15. The van der Waals surface area contributed by atoms with Crippen LogP contribution in [0.25, 0.3) is 0 Å². The lowest BCUT2D eigenvalue weighted by molar-refractivity contribution is 0.0949. The Morgan fingerprint density at radius 1 is 1.65 bits per heavy atom. The summed E-state index contributed by atoms with van der Waals surface area (Å²) in [4.78, 5) is 13.4. The first-order chi connectivity index (χ1) is 8.22. The lowest BCUT2D eigenvalue weighted by Gasteiger charge is -2.31. The molecule has 0 N–H and O–H groups in total. The van der Waals surface area contributed by atoms with E-state index in [4.69, 9.17) is 4.74 Å². The normalized spacial score (nSPS) is 20.4. The van der Waals surface area contributed by atoms with E-state index < -0.39 is 0 Å². The molecular formula is C11H18N4O2. The minimum Gasteiger partial charge on any atom is -0.450 e. The molecule has 17 heavy (non-hydrogen) atoms. The van der Waals surface area contributed by atoms with Crippen LogP contribution in [-0.4, -0.2) is 45.5 Å². The van der Waals surface area contributed by atoms with Crippen LogP contribution in [-0.2, 0) is 11.8 Å². The first kappa shape index (κ1) is 11.9. The van der Waals surface area contributed by atoms with Gasteiger partial charge in [-0.3, -0.25) is 0 Å². The Morgan fingerprint density at radius 2 is 2.47 bits per heavy atom. The zero-order valence-corrected chi connectivity index (χ0v) is 10.3. The molecule has 2 heterocycles. The van der Waals surface area contributed by atoms with Gasteiger partial charge in [0.15, 0.2) is 0 Å². The molecule has 6 nitrogen and oxygen atoms in total. The topological polar surface area (TPSA) is 60.2 Å². The molecular weight excluding hydrogens is 220 g/mol. The van der Waals surface area contributed by atoms with Gasteiger partial charge in [-0.15, -0.1) is 10.2 Å². The molecule has 0 bridgehead atoms. The second-order valence-corrected chi connectivity index (χ2v) is 4.28. The number of aryl methyl sites for hydroxylation is 1. The molecule has 1 aliphatic rings. The van der Waals surface area contributed by atoms with Crippen molar-refractivity contribution in [3.63, 3.8) is 0 Å². The van der Waals surface area contributed by atoms with E-state index in [9.17, 15) is 4.79 Å². The van der Waals surface area contributed by atoms with Crippen molar-refractivity contribution in [1.82, 2.24) is 19.7 Å². The third-order valence-electron chi connectivity index (χ3n) is 3.06. The first-order valence-corrected chi connectivity index (χ1v) is 5.98. The molecule has 1 amide bonds. The Hall–Kier alpha value is -1.59. The molecule has 94 valence electrons. The number of carbonyl (C=O) groups is 1. The van der Waals surface area contributed by atoms with Crippen molar-refractivity contribution in [2.45, 2.75) is 25.7 Å². The largest absolute Gasteiger partial charge is 0.450 e. The third kappa shape index (κ3) is 2.57. The molecule has 0 aromatic carbocycles. The second-order valence-electron chi connectivity index (χ2n) is 4.28. The number of rotatable bonds is 2. The lowest BCUT2D eigenvalue weighted by Crippen LogP contribution is -2.40. The smallest absolute Gasteiger partial charge is 0.409 e. The fourth-order valence-electron chi connectivity index (χ4n) is 2.23. The SMILES string of the molecule is CCOC(=O)N1CCCC(c2nncn2C)C1. The van der Waals surface area contributed by atoms with Crippen molar-refractivity contribution >= 4 is 6.09 Å². The zero-order valence-electron chi connectivity index (χ0n) is 10.3. The molecule has 1 saturated heterocycles. The van der Waals surface area contributed by atoms with Crippen molar-refractivity contribution in [3.05, 3.63) is 12.2 Å². The van der Waals surface area contributed by atoms with Gasteiger partial charge in [-0.05, 0) is 19.8 Å². The van der Waals surface area contributed by atoms with Crippen molar-refractivity contribution in [1.29, 1.82) is 0 Å². The van der Waals surface area contributed by atoms with Crippen LogP contribution in [0.3, 0.4) is 0 Å². The van der Waals surface area contributed by atoms with Crippen LogP contribution in [0.5, 0.6) is 0 Å². The van der Waals surface area contributed by atoms with E-state index in [1.165, 1.54) is 0 Å². The Bertz CT molecular complexity index is 391. The van der Waals surface area contributed by atoms with Gasteiger partial charge in [0, 0.05) is 26.1 Å². The van der Waals surface area contributed by atoms with E-state index in [0.29, 0.717) is 13.2 Å². The maximum atomic E-state index is 11.7. The number of likely N-dealkylation sites (tertiary alicyclic amines) is 1. The highest BCUT2D eigenvalue weighted by atomic mass is 16.6. The van der Waals surface area contributed by atoms with Crippen LogP contribution in [0.15, 0.2) is 6.33 Å². The molecule has 1 aromatic rings. The average Bonchev–Trinajstić information content (AvgIpc) is 2.76. The second kappa shape index (κ2) is 5.16. The summed E-state index contributed by atoms with van der Waals surface area (Å²) in [6.07, 6.45) is 3.50. The number of amides is 1. The molecule has 0 aliphatic carbocycles. The molecule has 1 aromatic heterocycles. The van der Waals surface area contributed by atoms with Crippen LogP contribution in [0.1, 0.15) is 31.5 Å². The predicted molar refractivity (Wildman–Crippen MR) is 61.6 cm³/mol. The van der Waals surface area contributed by atoms with Gasteiger partial charge < -0.3 is 14.2 Å². The van der Waals surface area contributed by atoms with Crippen molar-refractivity contribution in [3.8, 4) is 0 Å². The Labute approximate surface area is 101 Å². The molecule has 0 spiro atoms. The van der Waals surface area contributed by atoms with Crippen LogP contribution in [0.2, 0.25) is 0 Å². The number of hydrogen-bond donors (Lipinski definition) is 0. The number of piperidine rings is 1. The Kier molecular flexibility index (Phi) is 3.61. The summed E-state index contributed by atoms with van der Waals surface area (Å²) in [6, 6.07) is 0. The van der Waals surface area contributed by atoms with E-state index in [0.717, 1.165) is 25.2 Å². The van der Waals surface area contributed by atoms with E-state index >= 15 is 0 Å². The molecule has 1 aliphatic heterocycles. The Balaban J connectivity index is 2.02. The lowest BCUT2D eigenvalue weighted by atomic mass is 9.97. The number of ether oxygens (including phenoxy) is 1. The summed E-state index contributed by atoms with van der Waals surface area (Å²) in [6.45, 7) is 3.69. The van der Waals surface area contributed by atoms with E-state index in [1.807, 2.05) is 18.5 Å². The van der Waals surface area contributed by atoms with Gasteiger partial charge in [-0.2, -0.15) is 0 Å². The Morgan fingerprint density at radius 3 is 3.12 bits per heavy atom. The first-order valence-electron chi connectivity index (χ1n) is 5.98. The highest BCUT2D eigenvalue weighted by Crippen LogP contribution is 2.25. The number of aromatic nitrogens is 3. The molecule has 0 saturated carbocycles. The summed E-state index contributed by atoms with van der Waals surface area (Å²) in [5, 5.41) is 7.99. The summed E-state index contributed by atoms with van der Waals surface area (Å²) in [7, 11) is 1.93. The fraction of sp³-hybridized carbons (Fsp3) is 0.727. The van der Waals surface area contributed by atoms with Gasteiger partial charge in [-0.1, -0.05) is 0 Å². The molecule has 0 radical (unpaired) electrons. The quantitative estimate of drug-likeness (QED) is 0.775. The van der Waals surface area contributed by atoms with Gasteiger partial charge in [0.05, 0.1) is 6.61 Å². The summed E-state index contributed by atoms with van der Waals surface area (Å²) < 4.78 is 6.94. The molecule has 2 rings (SSSR count). The number of hydrogen-bond acceptors (Lipinski definition) is 4. The highest BCUT2D eigenvalue weighted by molar-refractivity contribution is 5.67. The van der Waals surface area contributed by atoms with Crippen LogP contribution in [0.4, 0.5) is 4.79 Å². The minimum atomic E-state index is -0.223. The number of nitrogens with zero attached hydrogens (tertiary/aromatic N) is 4. The average molecular weight is 238 g/mol. The van der Waals surface area contributed by atoms with Gasteiger partial charge >= 0.3 is 6.09 Å². The van der Waals surface area contributed by atoms with Crippen LogP contribution < -0.4 is 0 Å². The highest BCUT2D eigenvalue weighted by Gasteiger charge is 2.27. The minimum absolute atomic E-state index is 0.223. The standard InChI is InChI=1S/C11H18N4O2/c1-3-17-11(16)15-6-4-5-9(7-15)10-13-12-8-14(10)2/h8-9H,3-7H2,1-2H3. The molecule has 6 heteroatoms. The maximum absolute atomic E-state index is 11.7. The summed E-state index contributed by atoms with van der Waals surface area (Å²) in [5.41, 5.74) is 0. The monoisotopic (exact) mass is 238 g/mol. The molecule has 1 unspecified atom stereocenters. The van der Waals surface area contributed by atoms with E-state index in [2.05, 4.69) is 10.2 Å². The summed E-state index contributed by atoms with van der Waals surface area (Å²) >= 11 is 0. The van der Waals surface area contributed by atoms with Gasteiger partial charge in [0.1, 0.15) is 12.2 Å². The third-order valence-corrected chi connectivity index (χ3v) is 3.06. The number of carbonyl (C=O) groups excluding carboxylic acids is 1. The van der Waals surface area contributed by atoms with Crippen LogP contribution in [0, 0.1) is 0 Å². The van der Waals surface area contributed by atoms with Crippen molar-refractivity contribution in [2.75, 3.05) is 19.7 Å². The zero-order chi connectivity index (χ0) is 12.3. The van der Waals surface area contributed by atoms with E-state index in [-0.39, 0.29) is 12.0 Å².